The van der Waals surface area contributed by atoms with Gasteiger partial charge in [0.2, 0.25) is 0 Å². The van der Waals surface area contributed by atoms with E-state index in [1.54, 1.807) is 0 Å². The molecule has 0 amide bonds. The van der Waals surface area contributed by atoms with Crippen LogP contribution in [0.15, 0.2) is 18.2 Å². The number of aryl methyl sites for hydroxylation is 2. The summed E-state index contributed by atoms with van der Waals surface area (Å²) in [5, 5.41) is 10.5. The standard InChI is InChI=1S/C19H29NO/c1-15-8-11-20(12-9-15)13-10-19(21)18-7-6-16-4-2-3-5-17(16)14-18/h6-7,14-15,19,21H,2-5,8-13H2,1H3. The molecule has 1 saturated heterocycles. The van der Waals surface area contributed by atoms with Gasteiger partial charge in [0.1, 0.15) is 0 Å². The molecule has 0 spiro atoms. The predicted molar refractivity (Wildman–Crippen MR) is 87.5 cm³/mol. The fraction of sp³-hybridized carbons (Fsp3) is 0.684. The molecular formula is C19H29NO. The first-order valence-electron chi connectivity index (χ1n) is 8.74. The summed E-state index contributed by atoms with van der Waals surface area (Å²) in [6.07, 6.45) is 8.24. The summed E-state index contributed by atoms with van der Waals surface area (Å²) in [5.41, 5.74) is 4.10. The molecule has 3 rings (SSSR count). The van der Waals surface area contributed by atoms with Crippen molar-refractivity contribution in [3.8, 4) is 0 Å². The third-order valence-electron chi connectivity index (χ3n) is 5.35. The van der Waals surface area contributed by atoms with Crippen LogP contribution in [0.2, 0.25) is 0 Å². The van der Waals surface area contributed by atoms with Crippen LogP contribution in [0.3, 0.4) is 0 Å². The van der Waals surface area contributed by atoms with Gasteiger partial charge < -0.3 is 10.0 Å². The number of nitrogens with zero attached hydrogens (tertiary/aromatic N) is 1. The van der Waals surface area contributed by atoms with Crippen LogP contribution in [0.4, 0.5) is 0 Å². The minimum absolute atomic E-state index is 0.295. The highest BCUT2D eigenvalue weighted by molar-refractivity contribution is 5.34. The third kappa shape index (κ3) is 3.87. The normalized spacial score (nSPS) is 22.0. The van der Waals surface area contributed by atoms with Crippen molar-refractivity contribution in [2.45, 2.75) is 58.0 Å². The van der Waals surface area contributed by atoms with Crippen LogP contribution in [0.5, 0.6) is 0 Å². The summed E-state index contributed by atoms with van der Waals surface area (Å²) in [5.74, 6) is 0.881. The number of aliphatic hydroxyl groups excluding tert-OH is 1. The van der Waals surface area contributed by atoms with E-state index in [0.717, 1.165) is 24.4 Å². The molecule has 0 radical (unpaired) electrons. The van der Waals surface area contributed by atoms with E-state index in [1.807, 2.05) is 0 Å². The lowest BCUT2D eigenvalue weighted by Gasteiger charge is -2.30. The zero-order valence-corrected chi connectivity index (χ0v) is 13.4. The number of fused-ring (bicyclic) bond motifs is 1. The maximum Gasteiger partial charge on any atom is 0.0802 e. The van der Waals surface area contributed by atoms with Gasteiger partial charge in [0, 0.05) is 6.54 Å². The highest BCUT2D eigenvalue weighted by Gasteiger charge is 2.18. The lowest BCUT2D eigenvalue weighted by molar-refractivity contribution is 0.125. The second-order valence-electron chi connectivity index (χ2n) is 7.06. The molecule has 0 saturated carbocycles. The van der Waals surface area contributed by atoms with E-state index >= 15 is 0 Å². The van der Waals surface area contributed by atoms with Gasteiger partial charge in [-0.25, -0.2) is 0 Å². The molecule has 2 nitrogen and oxygen atoms in total. The highest BCUT2D eigenvalue weighted by Crippen LogP contribution is 2.26. The Morgan fingerprint density at radius 1 is 1.14 bits per heavy atom. The molecule has 1 aliphatic carbocycles. The summed E-state index contributed by atoms with van der Waals surface area (Å²) in [6.45, 7) is 5.79. The van der Waals surface area contributed by atoms with Gasteiger partial charge in [0.15, 0.2) is 0 Å². The van der Waals surface area contributed by atoms with E-state index in [2.05, 4.69) is 30.0 Å². The number of rotatable bonds is 4. The molecular weight excluding hydrogens is 258 g/mol. The maximum atomic E-state index is 10.5. The molecule has 0 bridgehead atoms. The Bertz CT molecular complexity index is 463. The second-order valence-corrected chi connectivity index (χ2v) is 7.06. The number of hydrogen-bond donors (Lipinski definition) is 1. The molecule has 1 aliphatic heterocycles. The van der Waals surface area contributed by atoms with Crippen LogP contribution in [0.25, 0.3) is 0 Å². The fourth-order valence-corrected chi connectivity index (χ4v) is 3.72. The van der Waals surface area contributed by atoms with Gasteiger partial charge in [0.05, 0.1) is 6.10 Å². The van der Waals surface area contributed by atoms with E-state index < -0.39 is 0 Å². The van der Waals surface area contributed by atoms with Crippen molar-refractivity contribution in [2.75, 3.05) is 19.6 Å². The van der Waals surface area contributed by atoms with Crippen molar-refractivity contribution in [3.05, 3.63) is 34.9 Å². The first kappa shape index (κ1) is 15.1. The molecule has 1 aromatic rings. The SMILES string of the molecule is CC1CCN(CCC(O)c2ccc3c(c2)CCCC3)CC1. The van der Waals surface area contributed by atoms with Crippen LogP contribution >= 0.6 is 0 Å². The third-order valence-corrected chi connectivity index (χ3v) is 5.35. The Kier molecular flexibility index (Phi) is 4.97. The van der Waals surface area contributed by atoms with Crippen LogP contribution in [0.1, 0.15) is 61.8 Å². The minimum Gasteiger partial charge on any atom is -0.388 e. The van der Waals surface area contributed by atoms with Crippen molar-refractivity contribution >= 4 is 0 Å². The van der Waals surface area contributed by atoms with Crippen LogP contribution in [-0.2, 0) is 12.8 Å². The summed E-state index contributed by atoms with van der Waals surface area (Å²) in [4.78, 5) is 2.52. The van der Waals surface area contributed by atoms with Crippen LogP contribution in [0, 0.1) is 5.92 Å². The van der Waals surface area contributed by atoms with Gasteiger partial charge in [-0.1, -0.05) is 25.1 Å². The topological polar surface area (TPSA) is 23.5 Å². The summed E-state index contributed by atoms with van der Waals surface area (Å²) in [6, 6.07) is 6.65. The minimum atomic E-state index is -0.295. The molecule has 1 N–H and O–H groups in total. The molecule has 2 heteroatoms. The molecule has 2 aliphatic rings. The van der Waals surface area contributed by atoms with E-state index in [0.29, 0.717) is 0 Å². The Hall–Kier alpha value is -0.860. The fourth-order valence-electron chi connectivity index (χ4n) is 3.72. The molecule has 116 valence electrons. The molecule has 1 atom stereocenters. The Morgan fingerprint density at radius 2 is 1.86 bits per heavy atom. The number of hydrogen-bond acceptors (Lipinski definition) is 2. The number of likely N-dealkylation sites (tertiary alicyclic amines) is 1. The zero-order chi connectivity index (χ0) is 14.7. The zero-order valence-electron chi connectivity index (χ0n) is 13.4. The van der Waals surface area contributed by atoms with Gasteiger partial charge in [-0.15, -0.1) is 0 Å². The summed E-state index contributed by atoms with van der Waals surface area (Å²) < 4.78 is 0. The average molecular weight is 287 g/mol. The smallest absolute Gasteiger partial charge is 0.0802 e. The van der Waals surface area contributed by atoms with Gasteiger partial charge in [-0.2, -0.15) is 0 Å². The van der Waals surface area contributed by atoms with E-state index in [-0.39, 0.29) is 6.10 Å². The van der Waals surface area contributed by atoms with E-state index in [1.165, 1.54) is 62.7 Å². The highest BCUT2D eigenvalue weighted by atomic mass is 16.3. The number of piperidine rings is 1. The summed E-state index contributed by atoms with van der Waals surface area (Å²) in [7, 11) is 0. The molecule has 0 aromatic heterocycles. The van der Waals surface area contributed by atoms with Crippen LogP contribution < -0.4 is 0 Å². The second kappa shape index (κ2) is 6.93. The van der Waals surface area contributed by atoms with Gasteiger partial charge in [-0.05, 0) is 80.6 Å². The van der Waals surface area contributed by atoms with E-state index in [4.69, 9.17) is 0 Å². The Morgan fingerprint density at radius 3 is 2.62 bits per heavy atom. The average Bonchev–Trinajstić information content (AvgIpc) is 2.53. The predicted octanol–water partition coefficient (Wildman–Crippen LogP) is 3.72. The summed E-state index contributed by atoms with van der Waals surface area (Å²) >= 11 is 0. The first-order chi connectivity index (χ1) is 10.2. The molecule has 1 unspecified atom stereocenters. The monoisotopic (exact) mass is 287 g/mol. The van der Waals surface area contributed by atoms with Gasteiger partial charge >= 0.3 is 0 Å². The van der Waals surface area contributed by atoms with Crippen molar-refractivity contribution in [1.82, 2.24) is 4.90 Å². The number of benzene rings is 1. The first-order valence-corrected chi connectivity index (χ1v) is 8.74. The van der Waals surface area contributed by atoms with Crippen LogP contribution in [-0.4, -0.2) is 29.6 Å². The molecule has 1 fully saturated rings. The lowest BCUT2D eigenvalue weighted by Crippen LogP contribution is -2.34. The Labute approximate surface area is 129 Å². The van der Waals surface area contributed by atoms with Crippen molar-refractivity contribution < 1.29 is 5.11 Å². The molecule has 1 aromatic carbocycles. The van der Waals surface area contributed by atoms with Gasteiger partial charge in [-0.3, -0.25) is 0 Å². The lowest BCUT2D eigenvalue weighted by atomic mass is 9.89. The number of aliphatic hydroxyl groups is 1. The van der Waals surface area contributed by atoms with Crippen molar-refractivity contribution in [1.29, 1.82) is 0 Å². The molecule has 1 heterocycles. The maximum absolute atomic E-state index is 10.5. The quantitative estimate of drug-likeness (QED) is 0.912. The molecule has 21 heavy (non-hydrogen) atoms. The van der Waals surface area contributed by atoms with E-state index in [9.17, 15) is 5.11 Å². The van der Waals surface area contributed by atoms with Crippen molar-refractivity contribution in [3.63, 3.8) is 0 Å². The van der Waals surface area contributed by atoms with Crippen molar-refractivity contribution in [2.24, 2.45) is 5.92 Å². The Balaban J connectivity index is 1.54. The largest absolute Gasteiger partial charge is 0.388 e. The van der Waals surface area contributed by atoms with Gasteiger partial charge in [0.25, 0.3) is 0 Å².